The number of hydroxylamine groups is 1. The van der Waals surface area contributed by atoms with Gasteiger partial charge in [-0.15, -0.1) is 0 Å². The summed E-state index contributed by atoms with van der Waals surface area (Å²) in [6.45, 7) is 0. The first kappa shape index (κ1) is 12.7. The molecule has 0 heterocycles. The van der Waals surface area contributed by atoms with Gasteiger partial charge in [-0.05, 0) is 25.0 Å². The zero-order chi connectivity index (χ0) is 12.8. The summed E-state index contributed by atoms with van der Waals surface area (Å²) >= 11 is 0. The number of carbonyl (C=O) groups is 1. The van der Waals surface area contributed by atoms with Crippen LogP contribution >= 0.6 is 0 Å². The van der Waals surface area contributed by atoms with Crippen LogP contribution in [-0.2, 0) is 0 Å². The SMILES string of the molecule is CN(C(=O)NOc1ccccc1)C1CCCCC1. The van der Waals surface area contributed by atoms with E-state index in [1.807, 2.05) is 25.2 Å². The van der Waals surface area contributed by atoms with E-state index in [4.69, 9.17) is 4.84 Å². The number of carbonyl (C=O) groups excluding carboxylic acids is 1. The van der Waals surface area contributed by atoms with Crippen LogP contribution in [-0.4, -0.2) is 24.0 Å². The van der Waals surface area contributed by atoms with Gasteiger partial charge in [-0.2, -0.15) is 5.48 Å². The van der Waals surface area contributed by atoms with E-state index in [1.54, 1.807) is 17.0 Å². The van der Waals surface area contributed by atoms with Crippen molar-refractivity contribution in [3.8, 4) is 5.75 Å². The molecule has 0 aliphatic heterocycles. The van der Waals surface area contributed by atoms with Crippen molar-refractivity contribution in [2.75, 3.05) is 7.05 Å². The van der Waals surface area contributed by atoms with Crippen LogP contribution in [0.1, 0.15) is 32.1 Å². The molecular formula is C14H20N2O2. The molecule has 4 nitrogen and oxygen atoms in total. The lowest BCUT2D eigenvalue weighted by molar-refractivity contribution is 0.128. The van der Waals surface area contributed by atoms with Gasteiger partial charge in [0.1, 0.15) is 0 Å². The Kier molecular flexibility index (Phi) is 4.45. The predicted molar refractivity (Wildman–Crippen MR) is 70.2 cm³/mol. The molecule has 0 unspecified atom stereocenters. The first-order valence-corrected chi connectivity index (χ1v) is 6.52. The second-order valence-electron chi connectivity index (χ2n) is 4.73. The number of benzene rings is 1. The van der Waals surface area contributed by atoms with Crippen LogP contribution in [0.5, 0.6) is 5.75 Å². The third-order valence-electron chi connectivity index (χ3n) is 3.44. The highest BCUT2D eigenvalue weighted by atomic mass is 16.7. The highest BCUT2D eigenvalue weighted by Crippen LogP contribution is 2.21. The highest BCUT2D eigenvalue weighted by molar-refractivity contribution is 5.73. The third-order valence-corrected chi connectivity index (χ3v) is 3.44. The van der Waals surface area contributed by atoms with E-state index in [-0.39, 0.29) is 6.03 Å². The quantitative estimate of drug-likeness (QED) is 0.836. The van der Waals surface area contributed by atoms with Gasteiger partial charge in [-0.1, -0.05) is 37.5 Å². The molecule has 1 fully saturated rings. The molecule has 1 N–H and O–H groups in total. The van der Waals surface area contributed by atoms with E-state index in [2.05, 4.69) is 5.48 Å². The molecule has 0 saturated heterocycles. The maximum Gasteiger partial charge on any atom is 0.350 e. The molecule has 1 aliphatic rings. The van der Waals surface area contributed by atoms with Crippen molar-refractivity contribution >= 4 is 6.03 Å². The van der Waals surface area contributed by atoms with Crippen molar-refractivity contribution in [2.45, 2.75) is 38.1 Å². The summed E-state index contributed by atoms with van der Waals surface area (Å²) in [6, 6.07) is 9.42. The minimum absolute atomic E-state index is 0.175. The highest BCUT2D eigenvalue weighted by Gasteiger charge is 2.22. The minimum atomic E-state index is -0.175. The van der Waals surface area contributed by atoms with Gasteiger partial charge in [0.15, 0.2) is 5.75 Å². The van der Waals surface area contributed by atoms with E-state index in [0.717, 1.165) is 12.8 Å². The molecule has 2 rings (SSSR count). The number of amides is 2. The third kappa shape index (κ3) is 3.39. The van der Waals surface area contributed by atoms with E-state index in [1.165, 1.54) is 19.3 Å². The fourth-order valence-electron chi connectivity index (χ4n) is 2.30. The summed E-state index contributed by atoms with van der Waals surface area (Å²) in [5.74, 6) is 0.642. The maximum absolute atomic E-state index is 11.9. The van der Waals surface area contributed by atoms with Crippen LogP contribution < -0.4 is 10.3 Å². The Morgan fingerprint density at radius 3 is 2.56 bits per heavy atom. The van der Waals surface area contributed by atoms with Gasteiger partial charge in [0.05, 0.1) is 0 Å². The smallest absolute Gasteiger partial charge is 0.350 e. The average Bonchev–Trinajstić information content (AvgIpc) is 2.46. The minimum Gasteiger partial charge on any atom is -0.378 e. The standard InChI is InChI=1S/C14H20N2O2/c1-16(12-8-4-2-5-9-12)14(17)15-18-13-10-6-3-7-11-13/h3,6-7,10-12H,2,4-5,8-9H2,1H3,(H,15,17). The molecule has 0 radical (unpaired) electrons. The summed E-state index contributed by atoms with van der Waals surface area (Å²) in [5.41, 5.74) is 2.48. The topological polar surface area (TPSA) is 41.6 Å². The van der Waals surface area contributed by atoms with Gasteiger partial charge in [-0.3, -0.25) is 0 Å². The van der Waals surface area contributed by atoms with E-state index < -0.39 is 0 Å². The summed E-state index contributed by atoms with van der Waals surface area (Å²) < 4.78 is 0. The largest absolute Gasteiger partial charge is 0.378 e. The molecule has 2 amide bonds. The second kappa shape index (κ2) is 6.28. The van der Waals surface area contributed by atoms with Gasteiger partial charge in [0.25, 0.3) is 0 Å². The van der Waals surface area contributed by atoms with Crippen molar-refractivity contribution in [3.63, 3.8) is 0 Å². The summed E-state index contributed by atoms with van der Waals surface area (Å²) in [6.07, 6.45) is 5.89. The Labute approximate surface area is 108 Å². The predicted octanol–water partition coefficient (Wildman–Crippen LogP) is 2.95. The molecule has 0 spiro atoms. The van der Waals surface area contributed by atoms with Crippen molar-refractivity contribution in [3.05, 3.63) is 30.3 Å². The molecule has 1 aromatic rings. The van der Waals surface area contributed by atoms with Crippen LogP contribution in [0, 0.1) is 0 Å². The molecule has 4 heteroatoms. The normalized spacial score (nSPS) is 16.1. The molecule has 1 saturated carbocycles. The van der Waals surface area contributed by atoms with Crippen molar-refractivity contribution in [2.24, 2.45) is 0 Å². The zero-order valence-corrected chi connectivity index (χ0v) is 10.8. The Hall–Kier alpha value is -1.71. The molecule has 0 bridgehead atoms. The maximum atomic E-state index is 11.9. The lowest BCUT2D eigenvalue weighted by Gasteiger charge is -2.30. The van der Waals surface area contributed by atoms with E-state index in [0.29, 0.717) is 11.8 Å². The fraction of sp³-hybridized carbons (Fsp3) is 0.500. The van der Waals surface area contributed by atoms with Crippen LogP contribution in [0.25, 0.3) is 0 Å². The Morgan fingerprint density at radius 2 is 1.89 bits per heavy atom. The number of rotatable bonds is 3. The molecule has 98 valence electrons. The summed E-state index contributed by atoms with van der Waals surface area (Å²) in [7, 11) is 1.83. The van der Waals surface area contributed by atoms with E-state index in [9.17, 15) is 4.79 Å². The van der Waals surface area contributed by atoms with Gasteiger partial charge < -0.3 is 9.74 Å². The average molecular weight is 248 g/mol. The van der Waals surface area contributed by atoms with Crippen molar-refractivity contribution in [1.29, 1.82) is 0 Å². The number of nitrogens with zero attached hydrogens (tertiary/aromatic N) is 1. The van der Waals surface area contributed by atoms with Crippen LogP contribution in [0.15, 0.2) is 30.3 Å². The number of hydrogen-bond donors (Lipinski definition) is 1. The van der Waals surface area contributed by atoms with Crippen molar-refractivity contribution < 1.29 is 9.63 Å². The Bertz CT molecular complexity index is 375. The Morgan fingerprint density at radius 1 is 1.22 bits per heavy atom. The molecular weight excluding hydrogens is 228 g/mol. The number of hydrogen-bond acceptors (Lipinski definition) is 2. The van der Waals surface area contributed by atoms with Crippen molar-refractivity contribution in [1.82, 2.24) is 10.4 Å². The second-order valence-corrected chi connectivity index (χ2v) is 4.73. The van der Waals surface area contributed by atoms with Gasteiger partial charge in [-0.25, -0.2) is 4.79 Å². The van der Waals surface area contributed by atoms with Gasteiger partial charge >= 0.3 is 6.03 Å². The zero-order valence-electron chi connectivity index (χ0n) is 10.8. The molecule has 1 aliphatic carbocycles. The lowest BCUT2D eigenvalue weighted by atomic mass is 9.95. The first-order chi connectivity index (χ1) is 8.77. The molecule has 0 atom stereocenters. The molecule has 18 heavy (non-hydrogen) atoms. The van der Waals surface area contributed by atoms with Gasteiger partial charge in [0, 0.05) is 13.1 Å². The number of urea groups is 1. The summed E-state index contributed by atoms with van der Waals surface area (Å²) in [4.78, 5) is 18.9. The monoisotopic (exact) mass is 248 g/mol. The van der Waals surface area contributed by atoms with E-state index >= 15 is 0 Å². The molecule has 1 aromatic carbocycles. The number of para-hydroxylation sites is 1. The number of nitrogens with one attached hydrogen (secondary N) is 1. The molecule has 0 aromatic heterocycles. The fourth-order valence-corrected chi connectivity index (χ4v) is 2.30. The van der Waals surface area contributed by atoms with Gasteiger partial charge in [0.2, 0.25) is 0 Å². The lowest BCUT2D eigenvalue weighted by Crippen LogP contribution is -2.45. The summed E-state index contributed by atoms with van der Waals surface area (Å²) in [5, 5.41) is 0. The van der Waals surface area contributed by atoms with Crippen LogP contribution in [0.3, 0.4) is 0 Å². The first-order valence-electron chi connectivity index (χ1n) is 6.52. The van der Waals surface area contributed by atoms with Crippen LogP contribution in [0.2, 0.25) is 0 Å². The van der Waals surface area contributed by atoms with Crippen LogP contribution in [0.4, 0.5) is 4.79 Å². The Balaban J connectivity index is 1.80.